The second-order valence-corrected chi connectivity index (χ2v) is 5.02. The van der Waals surface area contributed by atoms with Crippen LogP contribution in [-0.2, 0) is 0 Å². The number of hydrogen-bond acceptors (Lipinski definition) is 5. The Balaban J connectivity index is 1.56. The average Bonchev–Trinajstić information content (AvgIpc) is 2.92. The van der Waals surface area contributed by atoms with Crippen molar-refractivity contribution in [3.8, 4) is 0 Å². The number of carbonyl (C=O) groups is 1. The summed E-state index contributed by atoms with van der Waals surface area (Å²) in [7, 11) is 0. The molecule has 0 unspecified atom stereocenters. The van der Waals surface area contributed by atoms with Gasteiger partial charge in [0.2, 0.25) is 0 Å². The van der Waals surface area contributed by atoms with Crippen LogP contribution in [0.5, 0.6) is 0 Å². The van der Waals surface area contributed by atoms with Crippen molar-refractivity contribution in [2.45, 2.75) is 6.92 Å². The zero-order valence-electron chi connectivity index (χ0n) is 12.8. The molecule has 0 aliphatic rings. The Bertz CT molecular complexity index is 875. The summed E-state index contributed by atoms with van der Waals surface area (Å²) >= 11 is 0. The highest BCUT2D eigenvalue weighted by molar-refractivity contribution is 5.94. The van der Waals surface area contributed by atoms with Crippen LogP contribution in [0.15, 0.2) is 30.3 Å². The van der Waals surface area contributed by atoms with E-state index in [0.29, 0.717) is 23.8 Å². The van der Waals surface area contributed by atoms with E-state index in [-0.39, 0.29) is 6.54 Å². The molecule has 7 nitrogen and oxygen atoms in total. The van der Waals surface area contributed by atoms with E-state index < -0.39 is 23.1 Å². The molecule has 24 heavy (non-hydrogen) atoms. The smallest absolute Gasteiger partial charge is 0.257 e. The highest BCUT2D eigenvalue weighted by Crippen LogP contribution is 2.11. The summed E-state index contributed by atoms with van der Waals surface area (Å²) in [6.07, 6.45) is 0. The number of hydrogen-bond donors (Lipinski definition) is 2. The first-order valence-electron chi connectivity index (χ1n) is 7.21. The zero-order chi connectivity index (χ0) is 17.1. The lowest BCUT2D eigenvalue weighted by molar-refractivity contribution is 0.0946. The van der Waals surface area contributed by atoms with Gasteiger partial charge in [0.05, 0.1) is 0 Å². The van der Waals surface area contributed by atoms with E-state index in [4.69, 9.17) is 0 Å². The summed E-state index contributed by atoms with van der Waals surface area (Å²) in [5, 5.41) is 17.6. The monoisotopic (exact) mass is 332 g/mol. The van der Waals surface area contributed by atoms with E-state index in [0.717, 1.165) is 12.1 Å². The quantitative estimate of drug-likeness (QED) is 0.693. The molecule has 2 N–H and O–H groups in total. The van der Waals surface area contributed by atoms with Gasteiger partial charge in [-0.05, 0) is 31.2 Å². The molecule has 0 spiro atoms. The summed E-state index contributed by atoms with van der Waals surface area (Å²) < 4.78 is 28.6. The van der Waals surface area contributed by atoms with Crippen LogP contribution < -0.4 is 10.6 Å². The molecule has 0 bridgehead atoms. The number of nitrogens with one attached hydrogen (secondary N) is 2. The summed E-state index contributed by atoms with van der Waals surface area (Å²) in [5.41, 5.74) is 0.0403. The number of carbonyl (C=O) groups excluding carboxylic acids is 1. The zero-order valence-corrected chi connectivity index (χ0v) is 12.8. The van der Waals surface area contributed by atoms with Crippen LogP contribution in [0.3, 0.4) is 0 Å². The number of nitrogens with zero attached hydrogens (tertiary/aromatic N) is 4. The maximum Gasteiger partial charge on any atom is 0.257 e. The SMILES string of the molecule is Cc1nnc2ccc(NCCNC(=O)c3c(F)cccc3F)nn12. The lowest BCUT2D eigenvalue weighted by Crippen LogP contribution is -2.30. The normalized spacial score (nSPS) is 10.8. The number of rotatable bonds is 5. The van der Waals surface area contributed by atoms with Gasteiger partial charge in [-0.25, -0.2) is 8.78 Å². The third-order valence-electron chi connectivity index (χ3n) is 3.33. The first kappa shape index (κ1) is 15.8. The van der Waals surface area contributed by atoms with Gasteiger partial charge in [0.15, 0.2) is 11.5 Å². The van der Waals surface area contributed by atoms with Crippen LogP contribution in [0, 0.1) is 18.6 Å². The molecule has 1 amide bonds. The van der Waals surface area contributed by atoms with Crippen LogP contribution in [0.25, 0.3) is 5.65 Å². The maximum absolute atomic E-state index is 13.5. The van der Waals surface area contributed by atoms with E-state index in [1.54, 1.807) is 23.6 Å². The van der Waals surface area contributed by atoms with Crippen LogP contribution in [-0.4, -0.2) is 38.8 Å². The Labute approximate surface area is 135 Å². The Morgan fingerprint density at radius 1 is 1.12 bits per heavy atom. The maximum atomic E-state index is 13.5. The van der Waals surface area contributed by atoms with Gasteiger partial charge in [0.25, 0.3) is 5.91 Å². The van der Waals surface area contributed by atoms with E-state index >= 15 is 0 Å². The van der Waals surface area contributed by atoms with Crippen molar-refractivity contribution in [2.24, 2.45) is 0 Å². The third-order valence-corrected chi connectivity index (χ3v) is 3.33. The molecule has 3 rings (SSSR count). The molecule has 3 aromatic rings. The van der Waals surface area contributed by atoms with E-state index in [1.807, 2.05) is 0 Å². The molecule has 2 aromatic heterocycles. The minimum atomic E-state index is -0.893. The third kappa shape index (κ3) is 3.14. The fourth-order valence-corrected chi connectivity index (χ4v) is 2.16. The second-order valence-electron chi connectivity index (χ2n) is 5.02. The van der Waals surface area contributed by atoms with Crippen molar-refractivity contribution >= 4 is 17.4 Å². The lowest BCUT2D eigenvalue weighted by Gasteiger charge is -2.08. The molecule has 2 heterocycles. The Kier molecular flexibility index (Phi) is 4.32. The van der Waals surface area contributed by atoms with Crippen LogP contribution in [0.2, 0.25) is 0 Å². The average molecular weight is 332 g/mol. The van der Waals surface area contributed by atoms with E-state index in [2.05, 4.69) is 25.9 Å². The number of benzene rings is 1. The minimum absolute atomic E-state index is 0.174. The standard InChI is InChI=1S/C15H14F2N6O/c1-9-20-21-13-6-5-12(22-23(9)13)18-7-8-19-15(24)14-10(16)3-2-4-11(14)17/h2-6H,7-8H2,1H3,(H,18,22)(H,19,24). The largest absolute Gasteiger partial charge is 0.367 e. The topological polar surface area (TPSA) is 84.2 Å². The molecule has 0 aliphatic heterocycles. The van der Waals surface area contributed by atoms with E-state index in [1.165, 1.54) is 6.07 Å². The summed E-state index contributed by atoms with van der Waals surface area (Å²) in [6, 6.07) is 6.76. The van der Waals surface area contributed by atoms with Gasteiger partial charge < -0.3 is 10.6 Å². The summed E-state index contributed by atoms with van der Waals surface area (Å²) in [5.74, 6) is -1.37. The Morgan fingerprint density at radius 3 is 2.62 bits per heavy atom. The molecule has 0 aliphatic carbocycles. The van der Waals surface area contributed by atoms with Crippen molar-refractivity contribution in [3.05, 3.63) is 53.4 Å². The van der Waals surface area contributed by atoms with E-state index in [9.17, 15) is 13.6 Å². The fourth-order valence-electron chi connectivity index (χ4n) is 2.16. The highest BCUT2D eigenvalue weighted by Gasteiger charge is 2.16. The van der Waals surface area contributed by atoms with Gasteiger partial charge in [0, 0.05) is 13.1 Å². The Morgan fingerprint density at radius 2 is 1.88 bits per heavy atom. The van der Waals surface area contributed by atoms with Crippen molar-refractivity contribution < 1.29 is 13.6 Å². The van der Waals surface area contributed by atoms with Crippen molar-refractivity contribution in [1.29, 1.82) is 0 Å². The predicted molar refractivity (Wildman–Crippen MR) is 82.7 cm³/mol. The van der Waals surface area contributed by atoms with Crippen LogP contribution in [0.4, 0.5) is 14.6 Å². The van der Waals surface area contributed by atoms with Gasteiger partial charge in [-0.2, -0.15) is 4.52 Å². The number of halogens is 2. The molecule has 0 fully saturated rings. The van der Waals surface area contributed by atoms with Gasteiger partial charge in [0.1, 0.15) is 23.0 Å². The second kappa shape index (κ2) is 6.57. The van der Waals surface area contributed by atoms with Gasteiger partial charge in [-0.15, -0.1) is 15.3 Å². The number of aromatic nitrogens is 4. The molecular formula is C15H14F2N6O. The molecule has 0 saturated carbocycles. The fraction of sp³-hybridized carbons (Fsp3) is 0.200. The number of amides is 1. The van der Waals surface area contributed by atoms with Gasteiger partial charge >= 0.3 is 0 Å². The molecule has 0 radical (unpaired) electrons. The first-order valence-corrected chi connectivity index (χ1v) is 7.21. The number of fused-ring (bicyclic) bond motifs is 1. The summed E-state index contributed by atoms with van der Waals surface area (Å²) in [4.78, 5) is 11.8. The minimum Gasteiger partial charge on any atom is -0.367 e. The molecule has 0 atom stereocenters. The first-order chi connectivity index (χ1) is 11.6. The van der Waals surface area contributed by atoms with Crippen molar-refractivity contribution in [2.75, 3.05) is 18.4 Å². The van der Waals surface area contributed by atoms with Crippen LogP contribution in [0.1, 0.15) is 16.2 Å². The molecule has 0 saturated heterocycles. The molecule has 1 aromatic carbocycles. The Hall–Kier alpha value is -3.10. The van der Waals surface area contributed by atoms with Crippen molar-refractivity contribution in [3.63, 3.8) is 0 Å². The van der Waals surface area contributed by atoms with Crippen LogP contribution >= 0.6 is 0 Å². The lowest BCUT2D eigenvalue weighted by atomic mass is 10.2. The van der Waals surface area contributed by atoms with Gasteiger partial charge in [-0.3, -0.25) is 4.79 Å². The predicted octanol–water partition coefficient (Wildman–Crippen LogP) is 1.55. The molecule has 9 heteroatoms. The molecule has 124 valence electrons. The summed E-state index contributed by atoms with van der Waals surface area (Å²) in [6.45, 7) is 2.29. The molecular weight excluding hydrogens is 318 g/mol. The number of aryl methyl sites for hydroxylation is 1. The number of anilines is 1. The highest BCUT2D eigenvalue weighted by atomic mass is 19.1. The van der Waals surface area contributed by atoms with Crippen molar-refractivity contribution in [1.82, 2.24) is 25.1 Å². The van der Waals surface area contributed by atoms with Gasteiger partial charge in [-0.1, -0.05) is 6.07 Å².